The topological polar surface area (TPSA) is 50.7 Å². The van der Waals surface area contributed by atoms with Gasteiger partial charge in [-0.1, -0.05) is 26.7 Å². The van der Waals surface area contributed by atoms with Gasteiger partial charge in [0.2, 0.25) is 0 Å². The highest BCUT2D eigenvalue weighted by atomic mass is 16.5. The highest BCUT2D eigenvalue weighted by Gasteiger charge is 2.14. The fourth-order valence-electron chi connectivity index (χ4n) is 2.69. The lowest BCUT2D eigenvalue weighted by Crippen LogP contribution is -2.34. The van der Waals surface area contributed by atoms with E-state index in [9.17, 15) is 5.11 Å². The van der Waals surface area contributed by atoms with E-state index < -0.39 is 6.10 Å². The molecule has 4 nitrogen and oxygen atoms in total. The molecule has 0 saturated heterocycles. The van der Waals surface area contributed by atoms with Gasteiger partial charge < -0.3 is 19.9 Å². The molecule has 0 aromatic heterocycles. The van der Waals surface area contributed by atoms with Crippen LogP contribution in [0.5, 0.6) is 0 Å². The van der Waals surface area contributed by atoms with E-state index in [1.165, 1.54) is 25.7 Å². The summed E-state index contributed by atoms with van der Waals surface area (Å²) in [4.78, 5) is 0. The molecule has 1 aliphatic rings. The van der Waals surface area contributed by atoms with Gasteiger partial charge in [-0.15, -0.1) is 0 Å². The van der Waals surface area contributed by atoms with Gasteiger partial charge in [0, 0.05) is 13.1 Å². The number of rotatable bonds is 11. The van der Waals surface area contributed by atoms with Crippen LogP contribution in [0.1, 0.15) is 52.9 Å². The van der Waals surface area contributed by atoms with Crippen LogP contribution in [-0.4, -0.2) is 49.7 Å². The van der Waals surface area contributed by atoms with Gasteiger partial charge in [0.1, 0.15) is 0 Å². The summed E-state index contributed by atoms with van der Waals surface area (Å²) in [6.45, 7) is 8.95. The van der Waals surface area contributed by atoms with Crippen LogP contribution in [0, 0.1) is 5.92 Å². The van der Waals surface area contributed by atoms with Crippen molar-refractivity contribution in [1.29, 1.82) is 0 Å². The Kier molecular flexibility index (Phi) is 9.44. The zero-order valence-electron chi connectivity index (χ0n) is 13.4. The lowest BCUT2D eigenvalue weighted by molar-refractivity contribution is -0.00956. The van der Waals surface area contributed by atoms with E-state index in [2.05, 4.69) is 26.1 Å². The zero-order valence-corrected chi connectivity index (χ0v) is 13.4. The van der Waals surface area contributed by atoms with Crippen LogP contribution < -0.4 is 5.32 Å². The van der Waals surface area contributed by atoms with Crippen LogP contribution in [0.3, 0.4) is 0 Å². The Hall–Kier alpha value is -0.160. The Morgan fingerprint density at radius 2 is 1.90 bits per heavy atom. The Morgan fingerprint density at radius 1 is 1.20 bits per heavy atom. The molecule has 0 aromatic rings. The predicted octanol–water partition coefficient (Wildman–Crippen LogP) is 2.35. The summed E-state index contributed by atoms with van der Waals surface area (Å²) in [7, 11) is 0. The van der Waals surface area contributed by atoms with Gasteiger partial charge in [-0.05, 0) is 32.1 Å². The molecule has 0 heterocycles. The Labute approximate surface area is 124 Å². The quantitative estimate of drug-likeness (QED) is 0.573. The molecule has 2 N–H and O–H groups in total. The minimum Gasteiger partial charge on any atom is -0.389 e. The normalized spacial score (nSPS) is 19.6. The number of hydrogen-bond donors (Lipinski definition) is 2. The molecule has 0 amide bonds. The summed E-state index contributed by atoms with van der Waals surface area (Å²) < 4.78 is 11.4. The van der Waals surface area contributed by atoms with Crippen molar-refractivity contribution in [3.05, 3.63) is 0 Å². The third-order valence-corrected chi connectivity index (χ3v) is 3.69. The van der Waals surface area contributed by atoms with E-state index in [0.717, 1.165) is 19.6 Å². The molecule has 2 atom stereocenters. The summed E-state index contributed by atoms with van der Waals surface area (Å²) in [5.74, 6) is 0.632. The molecule has 20 heavy (non-hydrogen) atoms. The lowest BCUT2D eigenvalue weighted by atomic mass is 10.1. The minimum atomic E-state index is -0.434. The van der Waals surface area contributed by atoms with Crippen molar-refractivity contribution >= 4 is 0 Å². The standard InChI is InChI=1S/C16H33NO3/c1-13(2)10-14(3)20-12-15(18)11-17-8-9-19-16-6-4-5-7-16/h13-18H,4-12H2,1-3H3. The van der Waals surface area contributed by atoms with E-state index in [0.29, 0.717) is 25.2 Å². The molecule has 1 rings (SSSR count). The molecule has 0 bridgehead atoms. The van der Waals surface area contributed by atoms with Crippen molar-refractivity contribution in [1.82, 2.24) is 5.32 Å². The van der Waals surface area contributed by atoms with E-state index in [4.69, 9.17) is 9.47 Å². The van der Waals surface area contributed by atoms with Gasteiger partial charge in [0.25, 0.3) is 0 Å². The molecule has 1 saturated carbocycles. The van der Waals surface area contributed by atoms with Crippen LogP contribution in [0.4, 0.5) is 0 Å². The fraction of sp³-hybridized carbons (Fsp3) is 1.00. The third kappa shape index (κ3) is 8.90. The van der Waals surface area contributed by atoms with Crippen molar-refractivity contribution in [2.45, 2.75) is 71.2 Å². The van der Waals surface area contributed by atoms with Crippen molar-refractivity contribution in [3.63, 3.8) is 0 Å². The van der Waals surface area contributed by atoms with Gasteiger partial charge >= 0.3 is 0 Å². The van der Waals surface area contributed by atoms with Gasteiger partial charge in [-0.2, -0.15) is 0 Å². The molecule has 1 fully saturated rings. The molecule has 0 aromatic carbocycles. The Morgan fingerprint density at radius 3 is 2.55 bits per heavy atom. The molecular formula is C16H33NO3. The summed E-state index contributed by atoms with van der Waals surface area (Å²) in [5.41, 5.74) is 0. The molecule has 1 aliphatic carbocycles. The second-order valence-electron chi connectivity index (χ2n) is 6.41. The van der Waals surface area contributed by atoms with Crippen LogP contribution in [0.25, 0.3) is 0 Å². The summed E-state index contributed by atoms with van der Waals surface area (Å²) in [6, 6.07) is 0. The summed E-state index contributed by atoms with van der Waals surface area (Å²) in [5, 5.41) is 13.0. The second-order valence-corrected chi connectivity index (χ2v) is 6.41. The first-order valence-electron chi connectivity index (χ1n) is 8.20. The Balaban J connectivity index is 1.90. The fourth-order valence-corrected chi connectivity index (χ4v) is 2.69. The van der Waals surface area contributed by atoms with Crippen LogP contribution in [-0.2, 0) is 9.47 Å². The number of ether oxygens (including phenoxy) is 2. The highest BCUT2D eigenvalue weighted by molar-refractivity contribution is 4.67. The van der Waals surface area contributed by atoms with Gasteiger partial charge in [0.15, 0.2) is 0 Å². The van der Waals surface area contributed by atoms with Gasteiger partial charge in [-0.25, -0.2) is 0 Å². The maximum Gasteiger partial charge on any atom is 0.0897 e. The highest BCUT2D eigenvalue weighted by Crippen LogP contribution is 2.20. The molecule has 4 heteroatoms. The molecule has 2 unspecified atom stereocenters. The monoisotopic (exact) mass is 287 g/mol. The smallest absolute Gasteiger partial charge is 0.0897 e. The summed E-state index contributed by atoms with van der Waals surface area (Å²) >= 11 is 0. The van der Waals surface area contributed by atoms with Crippen LogP contribution >= 0.6 is 0 Å². The summed E-state index contributed by atoms with van der Waals surface area (Å²) in [6.07, 6.45) is 6.34. The van der Waals surface area contributed by atoms with Crippen molar-refractivity contribution in [2.24, 2.45) is 5.92 Å². The first kappa shape index (κ1) is 17.9. The number of aliphatic hydroxyl groups is 1. The molecular weight excluding hydrogens is 254 g/mol. The lowest BCUT2D eigenvalue weighted by Gasteiger charge is -2.18. The average Bonchev–Trinajstić information content (AvgIpc) is 2.88. The first-order valence-corrected chi connectivity index (χ1v) is 8.20. The third-order valence-electron chi connectivity index (χ3n) is 3.69. The second kappa shape index (κ2) is 10.6. The SMILES string of the molecule is CC(C)CC(C)OCC(O)CNCCOC1CCCC1. The largest absolute Gasteiger partial charge is 0.389 e. The average molecular weight is 287 g/mol. The van der Waals surface area contributed by atoms with Gasteiger partial charge in [-0.3, -0.25) is 0 Å². The minimum absolute atomic E-state index is 0.218. The Bertz CT molecular complexity index is 230. The molecule has 120 valence electrons. The predicted molar refractivity (Wildman–Crippen MR) is 82.0 cm³/mol. The maximum absolute atomic E-state index is 9.81. The van der Waals surface area contributed by atoms with E-state index in [-0.39, 0.29) is 6.10 Å². The van der Waals surface area contributed by atoms with Crippen molar-refractivity contribution < 1.29 is 14.6 Å². The van der Waals surface area contributed by atoms with E-state index in [1.54, 1.807) is 0 Å². The van der Waals surface area contributed by atoms with E-state index >= 15 is 0 Å². The molecule has 0 radical (unpaired) electrons. The first-order chi connectivity index (χ1) is 9.58. The molecule has 0 aliphatic heterocycles. The number of hydrogen-bond acceptors (Lipinski definition) is 4. The number of nitrogens with one attached hydrogen (secondary N) is 1. The van der Waals surface area contributed by atoms with Crippen LogP contribution in [0.15, 0.2) is 0 Å². The van der Waals surface area contributed by atoms with E-state index in [1.807, 2.05) is 0 Å². The van der Waals surface area contributed by atoms with Gasteiger partial charge in [0.05, 0.1) is 31.5 Å². The number of aliphatic hydroxyl groups excluding tert-OH is 1. The van der Waals surface area contributed by atoms with Crippen molar-refractivity contribution in [2.75, 3.05) is 26.3 Å². The maximum atomic E-state index is 9.81. The van der Waals surface area contributed by atoms with Crippen LogP contribution in [0.2, 0.25) is 0 Å². The molecule has 0 spiro atoms. The van der Waals surface area contributed by atoms with Crippen molar-refractivity contribution in [3.8, 4) is 0 Å². The zero-order chi connectivity index (χ0) is 14.8.